The third-order valence-electron chi connectivity index (χ3n) is 6.83. The zero-order valence-corrected chi connectivity index (χ0v) is 17.7. The Kier molecular flexibility index (Phi) is 4.56. The Labute approximate surface area is 172 Å². The van der Waals surface area contributed by atoms with Crippen LogP contribution < -0.4 is 4.90 Å². The molecule has 0 unspecified atom stereocenters. The number of carbonyl (C=O) groups excluding carboxylic acids is 1. The number of rotatable bonds is 3. The number of aromatic carboxylic acids is 1. The topological polar surface area (TPSA) is 57.6 Å². The number of aryl methyl sites for hydroxylation is 1. The highest BCUT2D eigenvalue weighted by Crippen LogP contribution is 2.48. The highest BCUT2D eigenvalue weighted by molar-refractivity contribution is 5.97. The van der Waals surface area contributed by atoms with Crippen LogP contribution in [0.4, 0.5) is 5.69 Å². The molecule has 0 bridgehead atoms. The summed E-state index contributed by atoms with van der Waals surface area (Å²) in [5, 5.41) is 9.54. The quantitative estimate of drug-likeness (QED) is 0.781. The van der Waals surface area contributed by atoms with Crippen LogP contribution in [0, 0.1) is 0 Å². The molecule has 1 amide bonds. The number of hydrogen-bond donors (Lipinski definition) is 1. The molecule has 29 heavy (non-hydrogen) atoms. The molecule has 2 aliphatic rings. The number of fused-ring (bicyclic) bond motifs is 2. The Hall–Kier alpha value is -2.62. The van der Waals surface area contributed by atoms with E-state index in [0.717, 1.165) is 24.9 Å². The molecule has 1 aliphatic heterocycles. The molecule has 0 fully saturated rings. The monoisotopic (exact) mass is 391 g/mol. The van der Waals surface area contributed by atoms with Crippen LogP contribution in [-0.2, 0) is 28.6 Å². The molecule has 152 valence electrons. The van der Waals surface area contributed by atoms with Crippen molar-refractivity contribution < 1.29 is 14.7 Å². The first kappa shape index (κ1) is 19.7. The van der Waals surface area contributed by atoms with Crippen LogP contribution in [0.3, 0.4) is 0 Å². The molecule has 1 N–H and O–H groups in total. The van der Waals surface area contributed by atoms with Crippen molar-refractivity contribution in [2.45, 2.75) is 70.8 Å². The number of carbonyl (C=O) groups is 2. The summed E-state index contributed by atoms with van der Waals surface area (Å²) in [6.07, 6.45) is 3.47. The molecular formula is C25H29NO3. The fourth-order valence-corrected chi connectivity index (χ4v) is 4.82. The van der Waals surface area contributed by atoms with E-state index in [1.54, 1.807) is 23.1 Å². The minimum absolute atomic E-state index is 0.0605. The van der Waals surface area contributed by atoms with Gasteiger partial charge < -0.3 is 10.0 Å². The van der Waals surface area contributed by atoms with E-state index in [1.165, 1.54) is 16.7 Å². The highest BCUT2D eigenvalue weighted by atomic mass is 16.4. The molecule has 1 aliphatic carbocycles. The first-order valence-electron chi connectivity index (χ1n) is 10.4. The largest absolute Gasteiger partial charge is 0.478 e. The maximum atomic E-state index is 12.9. The molecule has 0 atom stereocenters. The number of benzene rings is 2. The summed E-state index contributed by atoms with van der Waals surface area (Å²) in [7, 11) is 0. The van der Waals surface area contributed by atoms with Crippen LogP contribution in [0.25, 0.3) is 0 Å². The van der Waals surface area contributed by atoms with Gasteiger partial charge >= 0.3 is 5.97 Å². The average molecular weight is 392 g/mol. The van der Waals surface area contributed by atoms with Gasteiger partial charge in [0.2, 0.25) is 5.91 Å². The lowest BCUT2D eigenvalue weighted by Crippen LogP contribution is -2.38. The predicted molar refractivity (Wildman–Crippen MR) is 115 cm³/mol. The first-order valence-corrected chi connectivity index (χ1v) is 10.4. The molecule has 4 heteroatoms. The van der Waals surface area contributed by atoms with E-state index in [9.17, 15) is 14.7 Å². The summed E-state index contributed by atoms with van der Waals surface area (Å²) in [5.41, 5.74) is 5.97. The lowest BCUT2D eigenvalue weighted by molar-refractivity contribution is -0.119. The summed E-state index contributed by atoms with van der Waals surface area (Å²) >= 11 is 0. The summed E-state index contributed by atoms with van der Waals surface area (Å²) < 4.78 is 0. The maximum Gasteiger partial charge on any atom is 0.336 e. The number of carboxylic acid groups (broad SMARTS) is 1. The Morgan fingerprint density at radius 2 is 1.62 bits per heavy atom. The Bertz CT molecular complexity index is 1000. The van der Waals surface area contributed by atoms with Gasteiger partial charge in [0.25, 0.3) is 0 Å². The molecule has 0 aromatic heterocycles. The van der Waals surface area contributed by atoms with Gasteiger partial charge in [-0.2, -0.15) is 0 Å². The van der Waals surface area contributed by atoms with E-state index in [2.05, 4.69) is 39.8 Å². The number of nitrogens with zero attached hydrogens (tertiary/aromatic N) is 1. The normalized spacial score (nSPS) is 19.4. The average Bonchev–Trinajstić information content (AvgIpc) is 2.67. The van der Waals surface area contributed by atoms with Crippen molar-refractivity contribution >= 4 is 17.6 Å². The van der Waals surface area contributed by atoms with Crippen LogP contribution in [-0.4, -0.2) is 17.0 Å². The van der Waals surface area contributed by atoms with E-state index < -0.39 is 5.97 Å². The van der Waals surface area contributed by atoms with Crippen LogP contribution in [0.2, 0.25) is 0 Å². The summed E-state index contributed by atoms with van der Waals surface area (Å²) in [5.74, 6) is -0.899. The van der Waals surface area contributed by atoms with Gasteiger partial charge in [0.1, 0.15) is 0 Å². The van der Waals surface area contributed by atoms with Gasteiger partial charge in [-0.3, -0.25) is 4.79 Å². The molecule has 4 nitrogen and oxygen atoms in total. The first-order chi connectivity index (χ1) is 13.6. The minimum atomic E-state index is -0.960. The molecular weight excluding hydrogens is 362 g/mol. The van der Waals surface area contributed by atoms with Gasteiger partial charge in [-0.15, -0.1) is 0 Å². The van der Waals surface area contributed by atoms with Crippen molar-refractivity contribution in [3.63, 3.8) is 0 Å². The van der Waals surface area contributed by atoms with Crippen molar-refractivity contribution in [2.24, 2.45) is 0 Å². The Morgan fingerprint density at radius 3 is 2.28 bits per heavy atom. The zero-order valence-electron chi connectivity index (χ0n) is 17.7. The minimum Gasteiger partial charge on any atom is -0.478 e. The fourth-order valence-electron chi connectivity index (χ4n) is 4.82. The summed E-state index contributed by atoms with van der Waals surface area (Å²) in [6, 6.07) is 11.5. The van der Waals surface area contributed by atoms with Gasteiger partial charge in [-0.05, 0) is 64.5 Å². The van der Waals surface area contributed by atoms with Gasteiger partial charge in [0, 0.05) is 12.1 Å². The summed E-state index contributed by atoms with van der Waals surface area (Å²) in [4.78, 5) is 26.3. The number of hydrogen-bond acceptors (Lipinski definition) is 2. The number of anilines is 1. The lowest BCUT2D eigenvalue weighted by atomic mass is 9.62. The third-order valence-corrected chi connectivity index (χ3v) is 6.83. The summed E-state index contributed by atoms with van der Waals surface area (Å²) in [6.45, 7) is 9.46. The molecule has 0 radical (unpaired) electrons. The molecule has 1 heterocycles. The molecule has 0 saturated carbocycles. The smallest absolute Gasteiger partial charge is 0.336 e. The van der Waals surface area contributed by atoms with Gasteiger partial charge in [-0.25, -0.2) is 4.79 Å². The zero-order chi connectivity index (χ0) is 21.0. The Balaban J connectivity index is 1.83. The van der Waals surface area contributed by atoms with E-state index >= 15 is 0 Å². The predicted octanol–water partition coefficient (Wildman–Crippen LogP) is 5.21. The molecule has 2 aromatic carbocycles. The second kappa shape index (κ2) is 6.72. The Morgan fingerprint density at radius 1 is 1.00 bits per heavy atom. The third kappa shape index (κ3) is 3.35. The second-order valence-corrected chi connectivity index (χ2v) is 9.74. The van der Waals surface area contributed by atoms with Crippen LogP contribution >= 0.6 is 0 Å². The molecule has 0 saturated heterocycles. The van der Waals surface area contributed by atoms with Crippen LogP contribution in [0.5, 0.6) is 0 Å². The molecule has 0 spiro atoms. The van der Waals surface area contributed by atoms with Crippen molar-refractivity contribution in [1.82, 2.24) is 0 Å². The number of carboxylic acids is 1. The second-order valence-electron chi connectivity index (χ2n) is 9.74. The fraction of sp³-hybridized carbons (Fsp3) is 0.440. The van der Waals surface area contributed by atoms with Gasteiger partial charge in [-0.1, -0.05) is 52.0 Å². The van der Waals surface area contributed by atoms with E-state index in [0.29, 0.717) is 12.0 Å². The van der Waals surface area contributed by atoms with E-state index in [4.69, 9.17) is 0 Å². The van der Waals surface area contributed by atoms with Crippen molar-refractivity contribution in [3.05, 3.63) is 64.2 Å². The van der Waals surface area contributed by atoms with Crippen molar-refractivity contribution in [2.75, 3.05) is 4.90 Å². The SMILES string of the molecule is CC1(C)CCC(C)(C)c2cc3c(cc21)CCC(=O)N3Cc1ccccc1C(=O)O. The van der Waals surface area contributed by atoms with Crippen LogP contribution in [0.15, 0.2) is 36.4 Å². The lowest BCUT2D eigenvalue weighted by Gasteiger charge is -2.43. The van der Waals surface area contributed by atoms with Crippen LogP contribution in [0.1, 0.15) is 79.6 Å². The maximum absolute atomic E-state index is 12.9. The van der Waals surface area contributed by atoms with E-state index in [1.807, 2.05) is 6.07 Å². The van der Waals surface area contributed by atoms with Gasteiger partial charge in [0.15, 0.2) is 0 Å². The molecule has 4 rings (SSSR count). The van der Waals surface area contributed by atoms with Crippen molar-refractivity contribution in [1.29, 1.82) is 0 Å². The standard InChI is InChI=1S/C25H29NO3/c1-24(2)11-12-25(3,4)20-14-21-16(13-19(20)24)9-10-22(27)26(21)15-17-7-5-6-8-18(17)23(28)29/h5-8,13-14H,9-12,15H2,1-4H3,(H,28,29). The highest BCUT2D eigenvalue weighted by Gasteiger charge is 2.39. The van der Waals surface area contributed by atoms with Crippen molar-refractivity contribution in [3.8, 4) is 0 Å². The van der Waals surface area contributed by atoms with Gasteiger partial charge in [0.05, 0.1) is 12.1 Å². The number of amides is 1. The van der Waals surface area contributed by atoms with E-state index in [-0.39, 0.29) is 28.8 Å². The molecule has 2 aromatic rings.